The van der Waals surface area contributed by atoms with E-state index in [-0.39, 0.29) is 5.78 Å². The number of Topliss-reactive ketones (excluding diaryl/α,β-unsaturated/α-hetero) is 1. The average Bonchev–Trinajstić information content (AvgIpc) is 2.84. The standard InChI is InChI=1S/C20H20O2/c1-15-10-18(20(21)11-15)12-17-8-5-9-19(13-17)22-14-16-6-3-2-4-7-16/h2-10,13,15H,11-12,14H2,1H3/t15-/m0/s1. The fraction of sp³-hybridized carbons (Fsp3) is 0.250. The number of benzene rings is 2. The number of hydrogen-bond donors (Lipinski definition) is 0. The number of carbonyl (C=O) groups is 1. The second kappa shape index (κ2) is 6.61. The lowest BCUT2D eigenvalue weighted by molar-refractivity contribution is -0.115. The Kier molecular flexibility index (Phi) is 4.38. The minimum Gasteiger partial charge on any atom is -0.489 e. The molecule has 22 heavy (non-hydrogen) atoms. The van der Waals surface area contributed by atoms with Gasteiger partial charge in [-0.15, -0.1) is 0 Å². The molecule has 3 rings (SSSR count). The number of allylic oxidation sites excluding steroid dienone is 2. The lowest BCUT2D eigenvalue weighted by atomic mass is 10.0. The molecule has 0 saturated carbocycles. The molecule has 2 aromatic rings. The molecule has 0 bridgehead atoms. The second-order valence-electron chi connectivity index (χ2n) is 5.89. The second-order valence-corrected chi connectivity index (χ2v) is 5.89. The van der Waals surface area contributed by atoms with Gasteiger partial charge in [0.15, 0.2) is 5.78 Å². The first-order valence-electron chi connectivity index (χ1n) is 7.70. The smallest absolute Gasteiger partial charge is 0.159 e. The van der Waals surface area contributed by atoms with Crippen molar-refractivity contribution in [2.24, 2.45) is 5.92 Å². The van der Waals surface area contributed by atoms with E-state index in [1.165, 1.54) is 0 Å². The van der Waals surface area contributed by atoms with Crippen LogP contribution >= 0.6 is 0 Å². The average molecular weight is 292 g/mol. The quantitative estimate of drug-likeness (QED) is 0.819. The van der Waals surface area contributed by atoms with E-state index in [4.69, 9.17) is 4.74 Å². The van der Waals surface area contributed by atoms with Crippen molar-refractivity contribution in [1.82, 2.24) is 0 Å². The van der Waals surface area contributed by atoms with Gasteiger partial charge in [-0.1, -0.05) is 55.5 Å². The molecule has 0 unspecified atom stereocenters. The molecule has 0 N–H and O–H groups in total. The predicted octanol–water partition coefficient (Wildman–Crippen LogP) is 4.34. The van der Waals surface area contributed by atoms with Crippen LogP contribution in [0.4, 0.5) is 0 Å². The molecule has 0 heterocycles. The summed E-state index contributed by atoms with van der Waals surface area (Å²) in [5.74, 6) is 1.50. The van der Waals surface area contributed by atoms with Crippen molar-refractivity contribution in [2.75, 3.05) is 0 Å². The highest BCUT2D eigenvalue weighted by Crippen LogP contribution is 2.25. The van der Waals surface area contributed by atoms with Gasteiger partial charge in [-0.05, 0) is 34.8 Å². The summed E-state index contributed by atoms with van der Waals surface area (Å²) in [6.07, 6.45) is 3.45. The largest absolute Gasteiger partial charge is 0.489 e. The third-order valence-electron chi connectivity index (χ3n) is 3.89. The van der Waals surface area contributed by atoms with Gasteiger partial charge in [0, 0.05) is 12.8 Å². The van der Waals surface area contributed by atoms with Gasteiger partial charge in [0.05, 0.1) is 0 Å². The zero-order valence-electron chi connectivity index (χ0n) is 12.8. The minimum atomic E-state index is 0.281. The summed E-state index contributed by atoms with van der Waals surface area (Å²) in [4.78, 5) is 11.9. The predicted molar refractivity (Wildman–Crippen MR) is 87.8 cm³/mol. The minimum absolute atomic E-state index is 0.281. The summed E-state index contributed by atoms with van der Waals surface area (Å²) < 4.78 is 5.84. The summed E-state index contributed by atoms with van der Waals surface area (Å²) >= 11 is 0. The number of ketones is 1. The van der Waals surface area contributed by atoms with E-state index in [2.05, 4.69) is 13.0 Å². The third kappa shape index (κ3) is 3.64. The number of ether oxygens (including phenoxy) is 1. The Morgan fingerprint density at radius 2 is 1.82 bits per heavy atom. The van der Waals surface area contributed by atoms with Crippen LogP contribution in [-0.2, 0) is 17.8 Å². The summed E-state index contributed by atoms with van der Waals surface area (Å²) in [6, 6.07) is 18.1. The van der Waals surface area contributed by atoms with E-state index in [9.17, 15) is 4.79 Å². The van der Waals surface area contributed by atoms with Crippen LogP contribution in [0.2, 0.25) is 0 Å². The molecule has 0 aliphatic heterocycles. The van der Waals surface area contributed by atoms with Crippen molar-refractivity contribution in [3.63, 3.8) is 0 Å². The number of hydrogen-bond acceptors (Lipinski definition) is 2. The molecule has 112 valence electrons. The molecular formula is C20H20O2. The Labute approximate surface area is 131 Å². The zero-order valence-corrected chi connectivity index (χ0v) is 12.8. The van der Waals surface area contributed by atoms with Crippen LogP contribution in [0.5, 0.6) is 5.75 Å². The molecule has 0 saturated heterocycles. The van der Waals surface area contributed by atoms with E-state index in [0.717, 1.165) is 22.4 Å². The summed E-state index contributed by atoms with van der Waals surface area (Å²) in [6.45, 7) is 2.65. The SMILES string of the molecule is C[C@H]1C=C(Cc2cccc(OCc3ccccc3)c2)C(=O)C1. The monoisotopic (exact) mass is 292 g/mol. The van der Waals surface area contributed by atoms with Gasteiger partial charge in [-0.3, -0.25) is 4.79 Å². The van der Waals surface area contributed by atoms with Crippen LogP contribution in [0.25, 0.3) is 0 Å². The summed E-state index contributed by atoms with van der Waals surface area (Å²) in [5, 5.41) is 0. The van der Waals surface area contributed by atoms with Crippen molar-refractivity contribution in [2.45, 2.75) is 26.4 Å². The van der Waals surface area contributed by atoms with Gasteiger partial charge in [0.1, 0.15) is 12.4 Å². The van der Waals surface area contributed by atoms with E-state index < -0.39 is 0 Å². The highest BCUT2D eigenvalue weighted by molar-refractivity contribution is 5.98. The van der Waals surface area contributed by atoms with E-state index in [1.54, 1.807) is 0 Å². The Balaban J connectivity index is 1.65. The molecular weight excluding hydrogens is 272 g/mol. The molecule has 2 aromatic carbocycles. The highest BCUT2D eigenvalue weighted by Gasteiger charge is 2.20. The first kappa shape index (κ1) is 14.6. The molecule has 1 atom stereocenters. The number of carbonyl (C=O) groups excluding carboxylic acids is 1. The van der Waals surface area contributed by atoms with Gasteiger partial charge in [-0.25, -0.2) is 0 Å². The van der Waals surface area contributed by atoms with Crippen molar-refractivity contribution < 1.29 is 9.53 Å². The van der Waals surface area contributed by atoms with Crippen LogP contribution < -0.4 is 4.74 Å². The molecule has 2 heteroatoms. The molecule has 1 aliphatic rings. The Morgan fingerprint density at radius 1 is 1.05 bits per heavy atom. The van der Waals surface area contributed by atoms with Gasteiger partial charge in [0.25, 0.3) is 0 Å². The molecule has 0 radical (unpaired) electrons. The lowest BCUT2D eigenvalue weighted by Gasteiger charge is -2.08. The topological polar surface area (TPSA) is 26.3 Å². The number of rotatable bonds is 5. The molecule has 0 aromatic heterocycles. The maximum atomic E-state index is 11.9. The van der Waals surface area contributed by atoms with Gasteiger partial charge in [0.2, 0.25) is 0 Å². The highest BCUT2D eigenvalue weighted by atomic mass is 16.5. The van der Waals surface area contributed by atoms with Crippen molar-refractivity contribution >= 4 is 5.78 Å². The summed E-state index contributed by atoms with van der Waals surface area (Å²) in [5.41, 5.74) is 3.21. The van der Waals surface area contributed by atoms with Crippen LogP contribution in [-0.4, -0.2) is 5.78 Å². The Morgan fingerprint density at radius 3 is 2.55 bits per heavy atom. The Hall–Kier alpha value is -2.35. The molecule has 2 nitrogen and oxygen atoms in total. The van der Waals surface area contributed by atoms with Gasteiger partial charge in [-0.2, -0.15) is 0 Å². The Bertz CT molecular complexity index is 686. The fourth-order valence-electron chi connectivity index (χ4n) is 2.78. The third-order valence-corrected chi connectivity index (χ3v) is 3.89. The van der Waals surface area contributed by atoms with Crippen LogP contribution in [0.3, 0.4) is 0 Å². The van der Waals surface area contributed by atoms with E-state index in [0.29, 0.717) is 25.4 Å². The van der Waals surface area contributed by atoms with Crippen molar-refractivity contribution in [3.8, 4) is 5.75 Å². The van der Waals surface area contributed by atoms with Gasteiger partial charge >= 0.3 is 0 Å². The maximum Gasteiger partial charge on any atom is 0.159 e. The van der Waals surface area contributed by atoms with Crippen LogP contribution in [0.15, 0.2) is 66.2 Å². The molecule has 0 amide bonds. The zero-order chi connectivity index (χ0) is 15.4. The molecule has 0 fully saturated rings. The van der Waals surface area contributed by atoms with Crippen LogP contribution in [0.1, 0.15) is 24.5 Å². The maximum absolute atomic E-state index is 11.9. The van der Waals surface area contributed by atoms with Crippen LogP contribution in [0, 0.1) is 5.92 Å². The normalized spacial score (nSPS) is 17.4. The first-order chi connectivity index (χ1) is 10.7. The molecule has 0 spiro atoms. The van der Waals surface area contributed by atoms with E-state index in [1.807, 2.05) is 54.6 Å². The van der Waals surface area contributed by atoms with Gasteiger partial charge < -0.3 is 4.74 Å². The van der Waals surface area contributed by atoms with Crippen molar-refractivity contribution in [1.29, 1.82) is 0 Å². The summed E-state index contributed by atoms with van der Waals surface area (Å²) in [7, 11) is 0. The van der Waals surface area contributed by atoms with E-state index >= 15 is 0 Å². The molecule has 1 aliphatic carbocycles. The lowest BCUT2D eigenvalue weighted by Crippen LogP contribution is -2.01. The first-order valence-corrected chi connectivity index (χ1v) is 7.70. The van der Waals surface area contributed by atoms with Crippen molar-refractivity contribution in [3.05, 3.63) is 77.4 Å². The fourth-order valence-corrected chi connectivity index (χ4v) is 2.78.